The van der Waals surface area contributed by atoms with E-state index in [0.29, 0.717) is 12.3 Å². The molecule has 0 aromatic heterocycles. The molecule has 17 heavy (non-hydrogen) atoms. The van der Waals surface area contributed by atoms with Gasteiger partial charge in [0.15, 0.2) is 0 Å². The van der Waals surface area contributed by atoms with E-state index in [0.717, 1.165) is 17.5 Å². The van der Waals surface area contributed by atoms with Gasteiger partial charge in [0.2, 0.25) is 5.91 Å². The molecule has 0 aliphatic carbocycles. The first-order valence-electron chi connectivity index (χ1n) is 5.87. The van der Waals surface area contributed by atoms with Crippen molar-refractivity contribution in [3.05, 3.63) is 29.3 Å². The van der Waals surface area contributed by atoms with Crippen LogP contribution < -0.4 is 5.32 Å². The number of carbonyl (C=O) groups is 1. The van der Waals surface area contributed by atoms with Crippen LogP contribution in [0.3, 0.4) is 0 Å². The fourth-order valence-corrected chi connectivity index (χ4v) is 1.46. The molecule has 94 valence electrons. The largest absolute Gasteiger partial charge is 0.508 e. The molecule has 0 aliphatic heterocycles. The summed E-state index contributed by atoms with van der Waals surface area (Å²) in [7, 11) is 0. The first kappa shape index (κ1) is 13.6. The summed E-state index contributed by atoms with van der Waals surface area (Å²) in [6.07, 6.45) is 0.781. The molecule has 0 fully saturated rings. The van der Waals surface area contributed by atoms with Crippen molar-refractivity contribution in [2.45, 2.75) is 34.1 Å². The predicted octanol–water partition coefficient (Wildman–Crippen LogP) is 2.41. The number of hydrogen-bond donors (Lipinski definition) is 2. The number of amides is 1. The molecule has 2 N–H and O–H groups in total. The number of aromatic hydroxyl groups is 1. The summed E-state index contributed by atoms with van der Waals surface area (Å²) in [6, 6.07) is 5.51. The lowest BCUT2D eigenvalue weighted by molar-refractivity contribution is -0.128. The third kappa shape index (κ3) is 4.10. The quantitative estimate of drug-likeness (QED) is 0.845. The molecule has 1 rings (SSSR count). The molecule has 0 radical (unpaired) electrons. The Morgan fingerprint density at radius 1 is 1.35 bits per heavy atom. The summed E-state index contributed by atoms with van der Waals surface area (Å²) in [5, 5.41) is 12.3. The van der Waals surface area contributed by atoms with Gasteiger partial charge in [-0.05, 0) is 30.5 Å². The Morgan fingerprint density at radius 3 is 2.53 bits per heavy atom. The standard InChI is InChI=1S/C14H21NO2/c1-10-9-11(5-6-12(10)16)7-8-15-13(17)14(2,3)4/h5-6,9,16H,7-8H2,1-4H3,(H,15,17). The summed E-state index contributed by atoms with van der Waals surface area (Å²) in [5.41, 5.74) is 1.64. The fraction of sp³-hybridized carbons (Fsp3) is 0.500. The number of nitrogens with one attached hydrogen (secondary N) is 1. The lowest BCUT2D eigenvalue weighted by Gasteiger charge is -2.17. The Kier molecular flexibility index (Phi) is 4.16. The molecule has 0 spiro atoms. The van der Waals surface area contributed by atoms with Crippen molar-refractivity contribution < 1.29 is 9.90 Å². The van der Waals surface area contributed by atoms with Crippen LogP contribution in [-0.4, -0.2) is 17.6 Å². The summed E-state index contributed by atoms with van der Waals surface area (Å²) >= 11 is 0. The molecule has 3 nitrogen and oxygen atoms in total. The number of phenolic OH excluding ortho intramolecular Hbond substituents is 1. The Balaban J connectivity index is 2.46. The number of hydrogen-bond acceptors (Lipinski definition) is 2. The molecule has 1 aromatic rings. The van der Waals surface area contributed by atoms with Crippen LogP contribution in [0, 0.1) is 12.3 Å². The van der Waals surface area contributed by atoms with Crippen LogP contribution >= 0.6 is 0 Å². The lowest BCUT2D eigenvalue weighted by atomic mass is 9.95. The van der Waals surface area contributed by atoms with E-state index in [1.807, 2.05) is 39.8 Å². The second kappa shape index (κ2) is 5.21. The van der Waals surface area contributed by atoms with E-state index in [2.05, 4.69) is 5.32 Å². The van der Waals surface area contributed by atoms with E-state index in [1.165, 1.54) is 0 Å². The monoisotopic (exact) mass is 235 g/mol. The third-order valence-electron chi connectivity index (χ3n) is 2.64. The van der Waals surface area contributed by atoms with Crippen LogP contribution in [-0.2, 0) is 11.2 Å². The van der Waals surface area contributed by atoms with E-state index in [9.17, 15) is 9.90 Å². The summed E-state index contributed by atoms with van der Waals surface area (Å²) < 4.78 is 0. The van der Waals surface area contributed by atoms with Gasteiger partial charge in [-0.3, -0.25) is 4.79 Å². The molecular formula is C14H21NO2. The van der Waals surface area contributed by atoms with Crippen LogP contribution in [0.15, 0.2) is 18.2 Å². The molecule has 0 aliphatic rings. The average molecular weight is 235 g/mol. The van der Waals surface area contributed by atoms with Gasteiger partial charge in [-0.2, -0.15) is 0 Å². The molecule has 0 unspecified atom stereocenters. The number of rotatable bonds is 3. The summed E-state index contributed by atoms with van der Waals surface area (Å²) in [5.74, 6) is 0.375. The van der Waals surface area contributed by atoms with E-state index in [1.54, 1.807) is 6.07 Å². The molecule has 0 saturated heterocycles. The van der Waals surface area contributed by atoms with Gasteiger partial charge >= 0.3 is 0 Å². The minimum absolute atomic E-state index is 0.0630. The van der Waals surface area contributed by atoms with Gasteiger partial charge in [0.05, 0.1) is 0 Å². The zero-order valence-electron chi connectivity index (χ0n) is 11.0. The minimum Gasteiger partial charge on any atom is -0.508 e. The van der Waals surface area contributed by atoms with Crippen LogP contribution in [0.4, 0.5) is 0 Å². The highest BCUT2D eigenvalue weighted by atomic mass is 16.3. The van der Waals surface area contributed by atoms with Crippen molar-refractivity contribution >= 4 is 5.91 Å². The SMILES string of the molecule is Cc1cc(CCNC(=O)C(C)(C)C)ccc1O. The molecule has 1 aromatic carbocycles. The van der Waals surface area contributed by atoms with Gasteiger partial charge in [-0.15, -0.1) is 0 Å². The number of phenols is 1. The van der Waals surface area contributed by atoms with Crippen molar-refractivity contribution in [3.8, 4) is 5.75 Å². The zero-order valence-corrected chi connectivity index (χ0v) is 11.0. The van der Waals surface area contributed by atoms with Gasteiger partial charge in [0.25, 0.3) is 0 Å². The summed E-state index contributed by atoms with van der Waals surface area (Å²) in [6.45, 7) is 8.18. The Morgan fingerprint density at radius 2 is 2.00 bits per heavy atom. The molecule has 0 heterocycles. The first-order chi connectivity index (χ1) is 7.80. The minimum atomic E-state index is -0.342. The predicted molar refractivity (Wildman–Crippen MR) is 69.0 cm³/mol. The maximum atomic E-state index is 11.6. The van der Waals surface area contributed by atoms with Crippen LogP contribution in [0.5, 0.6) is 5.75 Å². The van der Waals surface area contributed by atoms with Gasteiger partial charge < -0.3 is 10.4 Å². The van der Waals surface area contributed by atoms with Crippen LogP contribution in [0.2, 0.25) is 0 Å². The number of benzene rings is 1. The van der Waals surface area contributed by atoms with E-state index in [4.69, 9.17) is 0 Å². The lowest BCUT2D eigenvalue weighted by Crippen LogP contribution is -2.35. The Bertz CT molecular complexity index is 405. The van der Waals surface area contributed by atoms with Crippen molar-refractivity contribution in [2.24, 2.45) is 5.41 Å². The van der Waals surface area contributed by atoms with Crippen LogP contribution in [0.25, 0.3) is 0 Å². The van der Waals surface area contributed by atoms with E-state index >= 15 is 0 Å². The van der Waals surface area contributed by atoms with Crippen molar-refractivity contribution in [1.82, 2.24) is 5.32 Å². The second-order valence-electron chi connectivity index (χ2n) is 5.38. The molecule has 1 amide bonds. The first-order valence-corrected chi connectivity index (χ1v) is 5.87. The fourth-order valence-electron chi connectivity index (χ4n) is 1.46. The normalized spacial score (nSPS) is 11.3. The number of carbonyl (C=O) groups excluding carboxylic acids is 1. The molecular weight excluding hydrogens is 214 g/mol. The average Bonchev–Trinajstić information content (AvgIpc) is 2.22. The molecule has 0 saturated carbocycles. The third-order valence-corrected chi connectivity index (χ3v) is 2.64. The van der Waals surface area contributed by atoms with E-state index in [-0.39, 0.29) is 11.3 Å². The van der Waals surface area contributed by atoms with Gasteiger partial charge in [0, 0.05) is 12.0 Å². The maximum absolute atomic E-state index is 11.6. The van der Waals surface area contributed by atoms with Crippen molar-refractivity contribution in [1.29, 1.82) is 0 Å². The van der Waals surface area contributed by atoms with Crippen molar-refractivity contribution in [2.75, 3.05) is 6.54 Å². The summed E-state index contributed by atoms with van der Waals surface area (Å²) in [4.78, 5) is 11.6. The van der Waals surface area contributed by atoms with Gasteiger partial charge in [0.1, 0.15) is 5.75 Å². The zero-order chi connectivity index (χ0) is 13.1. The number of aryl methyl sites for hydroxylation is 1. The molecule has 3 heteroatoms. The highest BCUT2D eigenvalue weighted by Gasteiger charge is 2.20. The Hall–Kier alpha value is -1.51. The van der Waals surface area contributed by atoms with Gasteiger partial charge in [-0.1, -0.05) is 32.9 Å². The maximum Gasteiger partial charge on any atom is 0.225 e. The topological polar surface area (TPSA) is 49.3 Å². The Labute approximate surface area is 103 Å². The molecule has 0 atom stereocenters. The second-order valence-corrected chi connectivity index (χ2v) is 5.38. The molecule has 0 bridgehead atoms. The van der Waals surface area contributed by atoms with Crippen LogP contribution in [0.1, 0.15) is 31.9 Å². The highest BCUT2D eigenvalue weighted by Crippen LogP contribution is 2.17. The van der Waals surface area contributed by atoms with E-state index < -0.39 is 0 Å². The van der Waals surface area contributed by atoms with Crippen molar-refractivity contribution in [3.63, 3.8) is 0 Å². The van der Waals surface area contributed by atoms with Gasteiger partial charge in [-0.25, -0.2) is 0 Å². The highest BCUT2D eigenvalue weighted by molar-refractivity contribution is 5.81. The smallest absolute Gasteiger partial charge is 0.225 e.